The molecule has 0 bridgehead atoms. The Hall–Kier alpha value is -1.74. The van der Waals surface area contributed by atoms with E-state index in [-0.39, 0.29) is 47.3 Å². The second kappa shape index (κ2) is 17.1. The molecule has 7 heteroatoms. The predicted octanol–water partition coefficient (Wildman–Crippen LogP) is 7.86. The minimum Gasteiger partial charge on any atom is -0.497 e. The Balaban J connectivity index is 2.10. The highest BCUT2D eigenvalue weighted by Crippen LogP contribution is 2.40. The molecule has 0 saturated heterocycles. The van der Waals surface area contributed by atoms with E-state index in [0.717, 1.165) is 16.9 Å². The SMILES string of the molecule is COc1ccc(CO[C@H](C(C)C)[C@@H](C)[C@H](O)C[C@@H](O)[C@@H](C)[C@H](O[Si](C)(C)C(C)(C)C)[C@H](C)COCc2ccccc2)cc1. The van der Waals surface area contributed by atoms with Crippen LogP contribution in [0.3, 0.4) is 0 Å². The summed E-state index contributed by atoms with van der Waals surface area (Å²) in [7, 11) is -0.490. The van der Waals surface area contributed by atoms with Crippen LogP contribution in [-0.4, -0.2) is 56.7 Å². The van der Waals surface area contributed by atoms with Crippen LogP contribution < -0.4 is 4.74 Å². The molecule has 0 unspecified atom stereocenters. The number of benzene rings is 2. The number of ether oxygens (including phenoxy) is 3. The van der Waals surface area contributed by atoms with Gasteiger partial charge in [0.2, 0.25) is 0 Å². The van der Waals surface area contributed by atoms with Crippen LogP contribution in [-0.2, 0) is 27.1 Å². The standard InChI is InChI=1S/C36H60O6Si/c1-25(2)34(41-24-30-17-19-31(39-9)20-18-30)27(4)32(37)21-33(38)28(5)35(42-43(10,11)36(6,7)8)26(3)22-40-23-29-15-13-12-14-16-29/h12-20,25-28,32-35,37-38H,21-24H2,1-11H3/t26-,27+,28-,32-,33-,34-,35-/m1/s1. The van der Waals surface area contributed by atoms with Gasteiger partial charge in [-0.15, -0.1) is 0 Å². The fourth-order valence-corrected chi connectivity index (χ4v) is 6.75. The topological polar surface area (TPSA) is 77.4 Å². The van der Waals surface area contributed by atoms with E-state index in [4.69, 9.17) is 18.6 Å². The highest BCUT2D eigenvalue weighted by Gasteiger charge is 2.43. The normalized spacial score (nSPS) is 17.6. The van der Waals surface area contributed by atoms with Gasteiger partial charge in [0.05, 0.1) is 51.3 Å². The second-order valence-corrected chi connectivity index (χ2v) is 19.0. The van der Waals surface area contributed by atoms with E-state index in [9.17, 15) is 10.2 Å². The molecule has 0 fully saturated rings. The molecular formula is C36H60O6Si. The monoisotopic (exact) mass is 616 g/mol. The number of rotatable bonds is 18. The quantitative estimate of drug-likeness (QED) is 0.166. The molecule has 0 aliphatic rings. The number of aliphatic hydroxyl groups excluding tert-OH is 2. The Kier molecular flexibility index (Phi) is 14.9. The van der Waals surface area contributed by atoms with E-state index in [1.807, 2.05) is 56.3 Å². The molecule has 2 aromatic rings. The lowest BCUT2D eigenvalue weighted by atomic mass is 9.83. The van der Waals surface area contributed by atoms with Crippen LogP contribution in [0.4, 0.5) is 0 Å². The molecule has 2 rings (SSSR count). The first-order chi connectivity index (χ1) is 20.1. The smallest absolute Gasteiger partial charge is 0.192 e. The van der Waals surface area contributed by atoms with Crippen LogP contribution in [0.15, 0.2) is 54.6 Å². The van der Waals surface area contributed by atoms with Gasteiger partial charge in [0.15, 0.2) is 8.32 Å². The van der Waals surface area contributed by atoms with E-state index in [1.54, 1.807) is 7.11 Å². The van der Waals surface area contributed by atoms with Crippen molar-refractivity contribution in [1.82, 2.24) is 0 Å². The molecule has 0 aliphatic heterocycles. The molecule has 0 amide bonds. The first-order valence-corrected chi connectivity index (χ1v) is 18.9. The third-order valence-corrected chi connectivity index (χ3v) is 13.8. The zero-order chi connectivity index (χ0) is 32.4. The lowest BCUT2D eigenvalue weighted by molar-refractivity contribution is -0.0831. The van der Waals surface area contributed by atoms with Crippen molar-refractivity contribution < 1.29 is 28.8 Å². The minimum atomic E-state index is -2.14. The highest BCUT2D eigenvalue weighted by molar-refractivity contribution is 6.74. The van der Waals surface area contributed by atoms with Gasteiger partial charge in [-0.1, -0.05) is 97.9 Å². The van der Waals surface area contributed by atoms with Gasteiger partial charge < -0.3 is 28.8 Å². The van der Waals surface area contributed by atoms with Crippen molar-refractivity contribution in [2.75, 3.05) is 13.7 Å². The molecule has 6 nitrogen and oxygen atoms in total. The Bertz CT molecular complexity index is 1040. The van der Waals surface area contributed by atoms with Crippen LogP contribution in [0.2, 0.25) is 18.1 Å². The average molecular weight is 617 g/mol. The Labute approximate surface area is 263 Å². The zero-order valence-corrected chi connectivity index (χ0v) is 29.7. The average Bonchev–Trinajstić information content (AvgIpc) is 2.95. The molecule has 244 valence electrons. The van der Waals surface area contributed by atoms with Crippen molar-refractivity contribution >= 4 is 8.32 Å². The molecule has 0 saturated carbocycles. The summed E-state index contributed by atoms with van der Waals surface area (Å²) in [5.41, 5.74) is 2.19. The lowest BCUT2D eigenvalue weighted by Gasteiger charge is -2.44. The summed E-state index contributed by atoms with van der Waals surface area (Å²) in [6.07, 6.45) is -1.57. The summed E-state index contributed by atoms with van der Waals surface area (Å²) in [6.45, 7) is 23.2. The van der Waals surface area contributed by atoms with Gasteiger partial charge in [0.25, 0.3) is 0 Å². The minimum absolute atomic E-state index is 0.0281. The number of hydrogen-bond acceptors (Lipinski definition) is 6. The predicted molar refractivity (Wildman–Crippen MR) is 179 cm³/mol. The highest BCUT2D eigenvalue weighted by atomic mass is 28.4. The van der Waals surface area contributed by atoms with Crippen molar-refractivity contribution in [1.29, 1.82) is 0 Å². The van der Waals surface area contributed by atoms with Crippen LogP contribution in [0.1, 0.15) is 72.9 Å². The fraction of sp³-hybridized carbons (Fsp3) is 0.667. The van der Waals surface area contributed by atoms with E-state index in [2.05, 4.69) is 66.8 Å². The fourth-order valence-electron chi connectivity index (χ4n) is 5.27. The lowest BCUT2D eigenvalue weighted by Crippen LogP contribution is -2.50. The molecule has 0 heterocycles. The van der Waals surface area contributed by atoms with Crippen molar-refractivity contribution in [3.63, 3.8) is 0 Å². The van der Waals surface area contributed by atoms with Crippen molar-refractivity contribution in [2.24, 2.45) is 23.7 Å². The van der Waals surface area contributed by atoms with Crippen molar-refractivity contribution in [3.8, 4) is 5.75 Å². The van der Waals surface area contributed by atoms with Crippen LogP contribution in [0.25, 0.3) is 0 Å². The van der Waals surface area contributed by atoms with Crippen molar-refractivity contribution in [3.05, 3.63) is 65.7 Å². The van der Waals surface area contributed by atoms with Gasteiger partial charge in [-0.3, -0.25) is 0 Å². The van der Waals surface area contributed by atoms with Crippen LogP contribution in [0, 0.1) is 23.7 Å². The third kappa shape index (κ3) is 11.6. The van der Waals surface area contributed by atoms with Crippen LogP contribution >= 0.6 is 0 Å². The molecule has 0 radical (unpaired) electrons. The van der Waals surface area contributed by atoms with E-state index in [1.165, 1.54) is 0 Å². The maximum Gasteiger partial charge on any atom is 0.192 e. The summed E-state index contributed by atoms with van der Waals surface area (Å²) in [6, 6.07) is 18.0. The first kappa shape index (κ1) is 37.4. The Morgan fingerprint density at radius 2 is 1.28 bits per heavy atom. The first-order valence-electron chi connectivity index (χ1n) is 16.0. The third-order valence-electron chi connectivity index (χ3n) is 9.28. The summed E-state index contributed by atoms with van der Waals surface area (Å²) in [5.74, 6) is 0.724. The second-order valence-electron chi connectivity index (χ2n) is 14.3. The maximum atomic E-state index is 11.5. The van der Waals surface area contributed by atoms with Gasteiger partial charge in [-0.05, 0) is 53.7 Å². The molecule has 2 N–H and O–H groups in total. The van der Waals surface area contributed by atoms with Gasteiger partial charge in [-0.2, -0.15) is 0 Å². The number of hydrogen-bond donors (Lipinski definition) is 2. The van der Waals surface area contributed by atoms with Crippen molar-refractivity contribution in [2.45, 2.75) is 118 Å². The molecule has 7 atom stereocenters. The number of methoxy groups -OCH3 is 1. The molecule has 43 heavy (non-hydrogen) atoms. The molecule has 0 aromatic heterocycles. The van der Waals surface area contributed by atoms with E-state index >= 15 is 0 Å². The van der Waals surface area contributed by atoms with Gasteiger partial charge >= 0.3 is 0 Å². The summed E-state index contributed by atoms with van der Waals surface area (Å²) in [4.78, 5) is 0. The van der Waals surface area contributed by atoms with E-state index < -0.39 is 20.5 Å². The molecule has 0 spiro atoms. The Morgan fingerprint density at radius 1 is 0.744 bits per heavy atom. The summed E-state index contributed by atoms with van der Waals surface area (Å²) >= 11 is 0. The summed E-state index contributed by atoms with van der Waals surface area (Å²) < 4.78 is 24.7. The Morgan fingerprint density at radius 3 is 1.79 bits per heavy atom. The summed E-state index contributed by atoms with van der Waals surface area (Å²) in [5, 5.41) is 22.9. The van der Waals surface area contributed by atoms with Gasteiger partial charge in [0.1, 0.15) is 5.75 Å². The largest absolute Gasteiger partial charge is 0.497 e. The van der Waals surface area contributed by atoms with Gasteiger partial charge in [-0.25, -0.2) is 0 Å². The van der Waals surface area contributed by atoms with Gasteiger partial charge in [0, 0.05) is 17.8 Å². The zero-order valence-electron chi connectivity index (χ0n) is 28.7. The molecule has 2 aromatic carbocycles. The maximum absolute atomic E-state index is 11.5. The molecule has 0 aliphatic carbocycles. The molecular weight excluding hydrogens is 556 g/mol. The van der Waals surface area contributed by atoms with E-state index in [0.29, 0.717) is 19.8 Å². The number of aliphatic hydroxyl groups is 2. The van der Waals surface area contributed by atoms with Crippen LogP contribution in [0.5, 0.6) is 5.75 Å².